The smallest absolute Gasteiger partial charge is 0.317 e. The molecule has 8 nitrogen and oxygen atoms in total. The Bertz CT molecular complexity index is 1410. The number of ether oxygens (including phenoxy) is 2. The summed E-state index contributed by atoms with van der Waals surface area (Å²) in [7, 11) is 1.92. The van der Waals surface area contributed by atoms with E-state index in [1.807, 2.05) is 24.9 Å². The van der Waals surface area contributed by atoms with Gasteiger partial charge < -0.3 is 29.8 Å². The van der Waals surface area contributed by atoms with E-state index in [0.29, 0.717) is 0 Å². The van der Waals surface area contributed by atoms with E-state index in [4.69, 9.17) is 9.47 Å². The van der Waals surface area contributed by atoms with E-state index in [-0.39, 0.29) is 36.9 Å². The molecule has 0 radical (unpaired) electrons. The van der Waals surface area contributed by atoms with Crippen molar-refractivity contribution in [2.75, 3.05) is 26.9 Å². The van der Waals surface area contributed by atoms with Crippen molar-refractivity contribution in [3.05, 3.63) is 47.7 Å². The minimum absolute atomic E-state index is 0.00273. The van der Waals surface area contributed by atoms with Crippen LogP contribution in [0.1, 0.15) is 62.7 Å². The zero-order valence-corrected chi connectivity index (χ0v) is 23.5. The molecule has 40 heavy (non-hydrogen) atoms. The summed E-state index contributed by atoms with van der Waals surface area (Å²) in [4.78, 5) is 21.5. The van der Waals surface area contributed by atoms with E-state index in [1.54, 1.807) is 0 Å². The van der Waals surface area contributed by atoms with Crippen molar-refractivity contribution in [1.29, 1.82) is 0 Å². The van der Waals surface area contributed by atoms with Gasteiger partial charge in [0, 0.05) is 54.7 Å². The molecular weight excluding hydrogens is 504 g/mol. The van der Waals surface area contributed by atoms with Crippen molar-refractivity contribution in [3.8, 4) is 22.6 Å². The number of fused-ring (bicyclic) bond motifs is 6. The van der Waals surface area contributed by atoms with Crippen LogP contribution in [0.2, 0.25) is 0 Å². The zero-order valence-electron chi connectivity index (χ0n) is 23.5. The third-order valence-electron chi connectivity index (χ3n) is 9.84. The van der Waals surface area contributed by atoms with Gasteiger partial charge in [0.2, 0.25) is 6.79 Å². The van der Waals surface area contributed by atoms with E-state index in [1.165, 1.54) is 35.9 Å². The monoisotopic (exact) mass is 544 g/mol. The molecular formula is C32H40N4O4. The van der Waals surface area contributed by atoms with Crippen LogP contribution in [-0.2, 0) is 6.42 Å². The topological polar surface area (TPSA) is 90.1 Å². The molecule has 2 amide bonds. The van der Waals surface area contributed by atoms with Gasteiger partial charge in [-0.3, -0.25) is 4.90 Å². The minimum atomic E-state index is -0.482. The summed E-state index contributed by atoms with van der Waals surface area (Å²) in [6.45, 7) is 3.88. The summed E-state index contributed by atoms with van der Waals surface area (Å²) in [5.74, 6) is 1.60. The summed E-state index contributed by atoms with van der Waals surface area (Å²) < 4.78 is 11.1. The first-order chi connectivity index (χ1) is 19.5. The first-order valence-electron chi connectivity index (χ1n) is 15.0. The number of hydrogen-bond acceptors (Lipinski definition) is 5. The number of benzene rings is 2. The number of rotatable bonds is 4. The number of amides is 2. The number of nitrogens with one attached hydrogen (secondary N) is 2. The van der Waals surface area contributed by atoms with Gasteiger partial charge in [-0.25, -0.2) is 4.79 Å². The molecule has 2 fully saturated rings. The van der Waals surface area contributed by atoms with Gasteiger partial charge >= 0.3 is 6.03 Å². The third kappa shape index (κ3) is 4.51. The number of nitrogens with zero attached hydrogens (tertiary/aromatic N) is 2. The standard InChI is InChI=1S/C32H40N4O4/c1-19(37)25-17-36-13-12-23-24-14-20(21-9-11-29-30(15-21)40-18-39-29)8-10-26(24)34-31(23)28(36)16-27(25)35(2)32(38)33-22-6-4-3-5-7-22/h8-11,14-15,19,22,25,27-28,34,37H,3-7,12-13,16-18H2,1-2H3,(H,33,38)/t19-,25-,27-,28-/m0/s1. The summed E-state index contributed by atoms with van der Waals surface area (Å²) in [5.41, 5.74) is 6.06. The molecule has 4 heterocycles. The highest BCUT2D eigenvalue weighted by Crippen LogP contribution is 2.44. The van der Waals surface area contributed by atoms with Crippen LogP contribution in [0.3, 0.4) is 0 Å². The van der Waals surface area contributed by atoms with E-state index in [9.17, 15) is 9.90 Å². The predicted molar refractivity (Wildman–Crippen MR) is 155 cm³/mol. The second-order valence-corrected chi connectivity index (χ2v) is 12.2. The Hall–Kier alpha value is -3.23. The van der Waals surface area contributed by atoms with Gasteiger partial charge in [-0.15, -0.1) is 0 Å². The molecule has 1 saturated heterocycles. The number of aromatic amines is 1. The molecule has 212 valence electrons. The van der Waals surface area contributed by atoms with Crippen molar-refractivity contribution >= 4 is 16.9 Å². The Kier molecular flexibility index (Phi) is 6.63. The Labute approximate surface area is 235 Å². The molecule has 0 bridgehead atoms. The molecule has 1 aromatic heterocycles. The molecule has 7 rings (SSSR count). The Morgan fingerprint density at radius 2 is 1.88 bits per heavy atom. The first kappa shape index (κ1) is 25.7. The minimum Gasteiger partial charge on any atom is -0.454 e. The number of carbonyl (C=O) groups is 1. The lowest BCUT2D eigenvalue weighted by molar-refractivity contribution is -0.0193. The molecule has 8 heteroatoms. The fraction of sp³-hybridized carbons (Fsp3) is 0.531. The lowest BCUT2D eigenvalue weighted by Gasteiger charge is -2.49. The van der Waals surface area contributed by atoms with Gasteiger partial charge in [-0.05, 0) is 73.6 Å². The van der Waals surface area contributed by atoms with Gasteiger partial charge in [0.25, 0.3) is 0 Å². The maximum Gasteiger partial charge on any atom is 0.317 e. The molecule has 1 saturated carbocycles. The fourth-order valence-electron chi connectivity index (χ4n) is 7.55. The number of carbonyl (C=O) groups excluding carboxylic acids is 1. The van der Waals surface area contributed by atoms with Crippen molar-refractivity contribution in [2.45, 2.75) is 76.1 Å². The highest BCUT2D eigenvalue weighted by molar-refractivity contribution is 5.90. The Morgan fingerprint density at radius 1 is 1.10 bits per heavy atom. The molecule has 3 aliphatic heterocycles. The molecule has 0 spiro atoms. The third-order valence-corrected chi connectivity index (χ3v) is 9.84. The maximum atomic E-state index is 13.4. The van der Waals surface area contributed by atoms with Crippen molar-refractivity contribution in [1.82, 2.24) is 20.1 Å². The maximum absolute atomic E-state index is 13.4. The Balaban J connectivity index is 1.17. The number of hydrogen-bond donors (Lipinski definition) is 3. The zero-order chi connectivity index (χ0) is 27.4. The molecule has 0 unspecified atom stereocenters. The van der Waals surface area contributed by atoms with Crippen molar-refractivity contribution < 1.29 is 19.4 Å². The van der Waals surface area contributed by atoms with Gasteiger partial charge in [-0.2, -0.15) is 0 Å². The SMILES string of the molecule is C[C@H](O)[C@@H]1CN2CCc3c([nH]c4ccc(-c5ccc6c(c5)OCO6)cc34)[C@@H]2C[C@@H]1N(C)C(=O)NC1CCCCC1. The number of H-pyrrole nitrogens is 1. The molecule has 4 atom stereocenters. The molecule has 3 N–H and O–H groups in total. The van der Waals surface area contributed by atoms with Gasteiger partial charge in [0.1, 0.15) is 0 Å². The summed E-state index contributed by atoms with van der Waals surface area (Å²) in [6, 6.07) is 13.2. The largest absolute Gasteiger partial charge is 0.454 e. The lowest BCUT2D eigenvalue weighted by atomic mass is 9.80. The first-order valence-corrected chi connectivity index (χ1v) is 15.0. The number of piperidine rings is 1. The number of aliphatic hydroxyl groups excluding tert-OH is 1. The van der Waals surface area contributed by atoms with Crippen molar-refractivity contribution in [3.63, 3.8) is 0 Å². The van der Waals surface area contributed by atoms with Crippen molar-refractivity contribution in [2.24, 2.45) is 5.92 Å². The molecule has 2 aromatic carbocycles. The van der Waals surface area contributed by atoms with E-state index in [0.717, 1.165) is 66.9 Å². The predicted octanol–water partition coefficient (Wildman–Crippen LogP) is 5.21. The van der Waals surface area contributed by atoms with Crippen LogP contribution in [0.5, 0.6) is 11.5 Å². The molecule has 4 aliphatic rings. The average Bonchev–Trinajstić information content (AvgIpc) is 3.60. The fourth-order valence-corrected chi connectivity index (χ4v) is 7.55. The van der Waals surface area contributed by atoms with E-state index < -0.39 is 6.10 Å². The average molecular weight is 545 g/mol. The van der Waals surface area contributed by atoms with Crippen LogP contribution >= 0.6 is 0 Å². The van der Waals surface area contributed by atoms with E-state index >= 15 is 0 Å². The summed E-state index contributed by atoms with van der Waals surface area (Å²) in [5, 5.41) is 15.3. The van der Waals surface area contributed by atoms with E-state index in [2.05, 4.69) is 45.5 Å². The molecule has 1 aliphatic carbocycles. The van der Waals surface area contributed by atoms with Crippen LogP contribution < -0.4 is 14.8 Å². The van der Waals surface area contributed by atoms with Gasteiger partial charge in [0.05, 0.1) is 12.1 Å². The number of aliphatic hydroxyl groups is 1. The molecule has 3 aromatic rings. The second-order valence-electron chi connectivity index (χ2n) is 12.2. The number of aromatic nitrogens is 1. The summed E-state index contributed by atoms with van der Waals surface area (Å²) in [6.07, 6.45) is 7.04. The quantitative estimate of drug-likeness (QED) is 0.420. The normalized spacial score (nSPS) is 25.3. The van der Waals surface area contributed by atoms with Crippen LogP contribution in [0.4, 0.5) is 4.79 Å². The van der Waals surface area contributed by atoms with Crippen LogP contribution in [0.15, 0.2) is 36.4 Å². The second kappa shape index (κ2) is 10.3. The number of urea groups is 1. The van der Waals surface area contributed by atoms with Crippen LogP contribution in [0.25, 0.3) is 22.0 Å². The van der Waals surface area contributed by atoms with Gasteiger partial charge in [-0.1, -0.05) is 31.4 Å². The van der Waals surface area contributed by atoms with Crippen LogP contribution in [0, 0.1) is 5.92 Å². The Morgan fingerprint density at radius 3 is 2.70 bits per heavy atom. The van der Waals surface area contributed by atoms with Crippen LogP contribution in [-0.4, -0.2) is 71.0 Å². The van der Waals surface area contributed by atoms with Gasteiger partial charge in [0.15, 0.2) is 11.5 Å². The highest BCUT2D eigenvalue weighted by Gasteiger charge is 2.44. The lowest BCUT2D eigenvalue weighted by Crippen LogP contribution is -2.58. The summed E-state index contributed by atoms with van der Waals surface area (Å²) >= 11 is 0. The highest BCUT2D eigenvalue weighted by atomic mass is 16.7.